The van der Waals surface area contributed by atoms with Gasteiger partial charge in [0.15, 0.2) is 0 Å². The molecule has 10 heteroatoms. The minimum atomic E-state index is -0.629. The number of benzene rings is 4. The monoisotopic (exact) mass is 528 g/mol. The number of hydrogen-bond acceptors (Lipinski definition) is 7. The van der Waals surface area contributed by atoms with Crippen molar-refractivity contribution in [2.45, 2.75) is 6.61 Å². The summed E-state index contributed by atoms with van der Waals surface area (Å²) in [6.07, 6.45) is 0. The lowest BCUT2D eigenvalue weighted by molar-refractivity contribution is -0.384. The zero-order valence-electron chi connectivity index (χ0n) is 19.5. The first-order valence-electron chi connectivity index (χ1n) is 11.3. The summed E-state index contributed by atoms with van der Waals surface area (Å²) in [5, 5.41) is 11.3. The maximum Gasteiger partial charge on any atom is 0.338 e. The molecular weight excluding hydrogens is 512 g/mol. The Balaban J connectivity index is 1.30. The molecule has 1 aliphatic rings. The fourth-order valence-corrected chi connectivity index (χ4v) is 4.02. The molecule has 1 aliphatic heterocycles. The van der Waals surface area contributed by atoms with Crippen molar-refractivity contribution in [2.75, 3.05) is 4.90 Å². The number of amides is 2. The van der Waals surface area contributed by atoms with Gasteiger partial charge in [0.2, 0.25) is 0 Å². The van der Waals surface area contributed by atoms with Gasteiger partial charge in [-0.2, -0.15) is 0 Å². The molecule has 0 saturated carbocycles. The SMILES string of the molecule is O=C(OCc1ccc([N+](=O)[O-])cc1)c1ccc(N2C(=O)c3cccc(Oc4ccc(Cl)cc4)c3C2=O)cc1. The zero-order valence-corrected chi connectivity index (χ0v) is 20.3. The van der Waals surface area contributed by atoms with Crippen LogP contribution in [-0.2, 0) is 11.3 Å². The number of anilines is 1. The zero-order chi connectivity index (χ0) is 26.8. The number of fused-ring (bicyclic) bond motifs is 1. The molecule has 188 valence electrons. The molecule has 0 atom stereocenters. The van der Waals surface area contributed by atoms with Gasteiger partial charge in [-0.05, 0) is 78.4 Å². The van der Waals surface area contributed by atoms with Gasteiger partial charge in [0.05, 0.1) is 27.3 Å². The average molecular weight is 529 g/mol. The van der Waals surface area contributed by atoms with Crippen LogP contribution in [0.1, 0.15) is 36.6 Å². The Morgan fingerprint density at radius 3 is 2.21 bits per heavy atom. The maximum atomic E-state index is 13.3. The molecule has 0 radical (unpaired) electrons. The van der Waals surface area contributed by atoms with Crippen molar-refractivity contribution in [3.63, 3.8) is 0 Å². The van der Waals surface area contributed by atoms with E-state index in [1.807, 2.05) is 0 Å². The van der Waals surface area contributed by atoms with E-state index < -0.39 is 22.7 Å². The van der Waals surface area contributed by atoms with Crippen LogP contribution in [0.3, 0.4) is 0 Å². The van der Waals surface area contributed by atoms with Crippen molar-refractivity contribution in [1.82, 2.24) is 0 Å². The minimum Gasteiger partial charge on any atom is -0.457 e. The van der Waals surface area contributed by atoms with Crippen LogP contribution in [0.4, 0.5) is 11.4 Å². The summed E-state index contributed by atoms with van der Waals surface area (Å²) in [6, 6.07) is 22.9. The van der Waals surface area contributed by atoms with Gasteiger partial charge in [-0.3, -0.25) is 19.7 Å². The third kappa shape index (κ3) is 4.82. The number of carbonyl (C=O) groups excluding carboxylic acids is 3. The van der Waals surface area contributed by atoms with E-state index in [1.165, 1.54) is 48.5 Å². The standard InChI is InChI=1S/C28H17ClN2O7/c29-19-8-14-22(15-9-19)38-24-3-1-2-23-25(24)27(33)30(26(23)32)20-12-6-18(7-13-20)28(34)37-16-17-4-10-21(11-5-17)31(35)36/h1-15H,16H2. The fraction of sp³-hybridized carbons (Fsp3) is 0.0357. The van der Waals surface area contributed by atoms with Crippen molar-refractivity contribution in [2.24, 2.45) is 0 Å². The van der Waals surface area contributed by atoms with Gasteiger partial charge in [0.1, 0.15) is 18.1 Å². The molecule has 4 aromatic rings. The first kappa shape index (κ1) is 24.7. The first-order valence-corrected chi connectivity index (χ1v) is 11.7. The molecule has 0 saturated heterocycles. The van der Waals surface area contributed by atoms with Crippen LogP contribution in [0.25, 0.3) is 0 Å². The van der Waals surface area contributed by atoms with Gasteiger partial charge >= 0.3 is 5.97 Å². The summed E-state index contributed by atoms with van der Waals surface area (Å²) in [5.41, 5.74) is 1.35. The Morgan fingerprint density at radius 1 is 0.868 bits per heavy atom. The predicted molar refractivity (Wildman–Crippen MR) is 138 cm³/mol. The van der Waals surface area contributed by atoms with E-state index in [0.717, 1.165) is 4.90 Å². The Morgan fingerprint density at radius 2 is 1.55 bits per heavy atom. The number of carbonyl (C=O) groups is 3. The van der Waals surface area contributed by atoms with Crippen LogP contribution in [0.2, 0.25) is 5.02 Å². The molecule has 0 aromatic heterocycles. The Labute approximate surface area is 220 Å². The van der Waals surface area contributed by atoms with Crippen LogP contribution < -0.4 is 9.64 Å². The van der Waals surface area contributed by atoms with Gasteiger partial charge in [-0.25, -0.2) is 9.69 Å². The number of hydrogen-bond donors (Lipinski definition) is 0. The van der Waals surface area contributed by atoms with Gasteiger partial charge in [-0.15, -0.1) is 0 Å². The minimum absolute atomic E-state index is 0.0625. The third-order valence-electron chi connectivity index (χ3n) is 5.80. The molecule has 5 rings (SSSR count). The van der Waals surface area contributed by atoms with Crippen LogP contribution in [-0.4, -0.2) is 22.7 Å². The van der Waals surface area contributed by atoms with Gasteiger partial charge in [0, 0.05) is 17.2 Å². The number of nitro benzene ring substituents is 1. The average Bonchev–Trinajstić information content (AvgIpc) is 3.19. The van der Waals surface area contributed by atoms with Crippen molar-refractivity contribution in [3.8, 4) is 11.5 Å². The lowest BCUT2D eigenvalue weighted by Crippen LogP contribution is -2.29. The highest BCUT2D eigenvalue weighted by Crippen LogP contribution is 2.36. The summed E-state index contributed by atoms with van der Waals surface area (Å²) in [6.45, 7) is -0.0760. The molecular formula is C28H17ClN2O7. The van der Waals surface area contributed by atoms with Crippen molar-refractivity contribution in [3.05, 3.63) is 128 Å². The normalized spacial score (nSPS) is 12.3. The Kier molecular flexibility index (Phi) is 6.59. The van der Waals surface area contributed by atoms with E-state index in [-0.39, 0.29) is 40.4 Å². The number of esters is 1. The van der Waals surface area contributed by atoms with E-state index in [4.69, 9.17) is 21.1 Å². The van der Waals surface area contributed by atoms with E-state index in [2.05, 4.69) is 0 Å². The van der Waals surface area contributed by atoms with E-state index >= 15 is 0 Å². The van der Waals surface area contributed by atoms with Crippen molar-refractivity contribution >= 4 is 40.8 Å². The predicted octanol–water partition coefficient (Wildman–Crippen LogP) is 6.20. The number of halogens is 1. The van der Waals surface area contributed by atoms with Gasteiger partial charge in [0.25, 0.3) is 17.5 Å². The lowest BCUT2D eigenvalue weighted by atomic mass is 10.1. The second-order valence-electron chi connectivity index (χ2n) is 8.23. The number of rotatable bonds is 7. The molecule has 0 N–H and O–H groups in total. The molecule has 0 unspecified atom stereocenters. The molecule has 1 heterocycles. The summed E-state index contributed by atoms with van der Waals surface area (Å²) < 4.78 is 11.1. The Bertz CT molecular complexity index is 1570. The largest absolute Gasteiger partial charge is 0.457 e. The molecule has 0 aliphatic carbocycles. The number of imide groups is 1. The van der Waals surface area contributed by atoms with Gasteiger partial charge in [-0.1, -0.05) is 17.7 Å². The van der Waals surface area contributed by atoms with E-state index in [0.29, 0.717) is 16.3 Å². The van der Waals surface area contributed by atoms with E-state index in [1.54, 1.807) is 42.5 Å². The van der Waals surface area contributed by atoms with Crippen LogP contribution >= 0.6 is 11.6 Å². The molecule has 4 aromatic carbocycles. The molecule has 9 nitrogen and oxygen atoms in total. The lowest BCUT2D eigenvalue weighted by Gasteiger charge is -2.14. The maximum absolute atomic E-state index is 13.3. The number of ether oxygens (including phenoxy) is 2. The van der Waals surface area contributed by atoms with Crippen molar-refractivity contribution in [1.29, 1.82) is 0 Å². The summed E-state index contributed by atoms with van der Waals surface area (Å²) >= 11 is 5.92. The highest BCUT2D eigenvalue weighted by atomic mass is 35.5. The second kappa shape index (κ2) is 10.2. The fourth-order valence-electron chi connectivity index (χ4n) is 3.90. The summed E-state index contributed by atoms with van der Waals surface area (Å²) in [4.78, 5) is 50.1. The smallest absolute Gasteiger partial charge is 0.338 e. The molecule has 38 heavy (non-hydrogen) atoms. The topological polar surface area (TPSA) is 116 Å². The third-order valence-corrected chi connectivity index (χ3v) is 6.05. The number of nitrogens with zero attached hydrogens (tertiary/aromatic N) is 2. The molecule has 0 spiro atoms. The summed E-state index contributed by atoms with van der Waals surface area (Å²) in [5.74, 6) is -1.01. The van der Waals surface area contributed by atoms with Crippen LogP contribution in [0.5, 0.6) is 11.5 Å². The molecule has 2 amide bonds. The second-order valence-corrected chi connectivity index (χ2v) is 8.66. The highest BCUT2D eigenvalue weighted by molar-refractivity contribution is 6.35. The quantitative estimate of drug-likeness (QED) is 0.121. The number of non-ortho nitro benzene ring substituents is 1. The van der Waals surface area contributed by atoms with Crippen LogP contribution in [0, 0.1) is 10.1 Å². The van der Waals surface area contributed by atoms with E-state index in [9.17, 15) is 24.5 Å². The van der Waals surface area contributed by atoms with Crippen molar-refractivity contribution < 1.29 is 28.8 Å². The molecule has 0 fully saturated rings. The Hall–Kier alpha value is -5.02. The highest BCUT2D eigenvalue weighted by Gasteiger charge is 2.39. The first-order chi connectivity index (χ1) is 18.3. The summed E-state index contributed by atoms with van der Waals surface area (Å²) in [7, 11) is 0. The van der Waals surface area contributed by atoms with Crippen LogP contribution in [0.15, 0.2) is 91.0 Å². The molecule has 0 bridgehead atoms. The number of nitro groups is 1. The van der Waals surface area contributed by atoms with Gasteiger partial charge < -0.3 is 9.47 Å².